The SMILES string of the molecule is COC1CCN(c2nc(-c3cnc(N)c(-c4ccc(NC(=O)c5c(C)n(C)n(-c6ccccc6Cl)c5=O)cn4)n3)cs2)CC1. The first kappa shape index (κ1) is 29.5. The first-order chi connectivity index (χ1) is 21.2. The normalized spacial score (nSPS) is 13.8. The molecule has 1 aliphatic heterocycles. The Morgan fingerprint density at radius 3 is 2.55 bits per heavy atom. The van der Waals surface area contributed by atoms with Crippen LogP contribution in [0.25, 0.3) is 28.5 Å². The number of halogens is 1. The summed E-state index contributed by atoms with van der Waals surface area (Å²) >= 11 is 7.89. The van der Waals surface area contributed by atoms with Gasteiger partial charge in [0.25, 0.3) is 11.5 Å². The second kappa shape index (κ2) is 12.2. The average molecular weight is 632 g/mol. The van der Waals surface area contributed by atoms with Gasteiger partial charge in [-0.2, -0.15) is 0 Å². The van der Waals surface area contributed by atoms with Crippen molar-refractivity contribution in [3.05, 3.63) is 80.8 Å². The predicted molar refractivity (Wildman–Crippen MR) is 172 cm³/mol. The molecular weight excluding hydrogens is 602 g/mol. The summed E-state index contributed by atoms with van der Waals surface area (Å²) in [5.74, 6) is -0.342. The maximum absolute atomic E-state index is 13.3. The minimum absolute atomic E-state index is 0.00464. The van der Waals surface area contributed by atoms with Crippen molar-refractivity contribution in [2.24, 2.45) is 7.05 Å². The van der Waals surface area contributed by atoms with Crippen LogP contribution in [-0.4, -0.2) is 61.5 Å². The number of methoxy groups -OCH3 is 1. The lowest BCUT2D eigenvalue weighted by Crippen LogP contribution is -2.36. The van der Waals surface area contributed by atoms with Crippen molar-refractivity contribution >= 4 is 45.5 Å². The van der Waals surface area contributed by atoms with Gasteiger partial charge in [-0.15, -0.1) is 11.3 Å². The van der Waals surface area contributed by atoms with Crippen LogP contribution < -0.4 is 21.5 Å². The van der Waals surface area contributed by atoms with Gasteiger partial charge in [0.05, 0.1) is 46.3 Å². The predicted octanol–water partition coefficient (Wildman–Crippen LogP) is 4.56. The number of benzene rings is 1. The molecule has 0 bridgehead atoms. The van der Waals surface area contributed by atoms with Gasteiger partial charge in [-0.05, 0) is 44.0 Å². The lowest BCUT2D eigenvalue weighted by atomic mass is 10.1. The monoisotopic (exact) mass is 631 g/mol. The molecule has 14 heteroatoms. The highest BCUT2D eigenvalue weighted by Crippen LogP contribution is 2.31. The molecule has 5 heterocycles. The van der Waals surface area contributed by atoms with Gasteiger partial charge in [0.1, 0.15) is 22.6 Å². The molecule has 12 nitrogen and oxygen atoms in total. The molecular formula is C30H30ClN9O3S. The number of nitrogen functional groups attached to an aromatic ring is 1. The minimum Gasteiger partial charge on any atom is -0.382 e. The van der Waals surface area contributed by atoms with Crippen molar-refractivity contribution in [1.82, 2.24) is 29.3 Å². The number of nitrogens with zero attached hydrogens (tertiary/aromatic N) is 7. The zero-order valence-electron chi connectivity index (χ0n) is 24.3. The number of hydrogen-bond acceptors (Lipinski definition) is 10. The minimum atomic E-state index is -0.560. The summed E-state index contributed by atoms with van der Waals surface area (Å²) < 4.78 is 8.45. The van der Waals surface area contributed by atoms with Crippen LogP contribution in [0.15, 0.2) is 59.0 Å². The molecule has 1 fully saturated rings. The van der Waals surface area contributed by atoms with E-state index in [1.807, 2.05) is 5.38 Å². The fourth-order valence-corrected chi connectivity index (χ4v) is 6.28. The Balaban J connectivity index is 1.20. The number of nitrogens with one attached hydrogen (secondary N) is 1. The van der Waals surface area contributed by atoms with Crippen molar-refractivity contribution in [2.75, 3.05) is 36.1 Å². The number of aromatic nitrogens is 6. The molecule has 6 rings (SSSR count). The number of thiazole rings is 1. The standard InChI is InChI=1S/C30H30ClN9O3S/c1-17-25(29(42)40(38(17)2)24-7-5-4-6-20(24)31)28(41)35-18-8-9-21(33-14-18)26-27(32)34-15-22(36-26)23-16-44-30(37-23)39-12-10-19(43-3)11-13-39/h4-9,14-16,19H,10-13H2,1-3H3,(H2,32,34)(H,35,41). The summed E-state index contributed by atoms with van der Waals surface area (Å²) in [4.78, 5) is 47.1. The molecule has 0 spiro atoms. The summed E-state index contributed by atoms with van der Waals surface area (Å²) in [6.45, 7) is 3.48. The summed E-state index contributed by atoms with van der Waals surface area (Å²) in [5.41, 5.74) is 9.23. The Hall–Kier alpha value is -4.59. The molecule has 226 valence electrons. The summed E-state index contributed by atoms with van der Waals surface area (Å²) in [6.07, 6.45) is 5.30. The van der Waals surface area contributed by atoms with E-state index in [9.17, 15) is 9.59 Å². The van der Waals surface area contributed by atoms with Gasteiger partial charge in [-0.25, -0.2) is 19.6 Å². The molecule has 5 aromatic rings. The first-order valence-corrected chi connectivity index (χ1v) is 15.2. The third-order valence-corrected chi connectivity index (χ3v) is 8.95. The van der Waals surface area contributed by atoms with Crippen LogP contribution in [0.3, 0.4) is 0 Å². The van der Waals surface area contributed by atoms with Gasteiger partial charge in [0.15, 0.2) is 10.9 Å². The lowest BCUT2D eigenvalue weighted by Gasteiger charge is -2.30. The van der Waals surface area contributed by atoms with Gasteiger partial charge in [0.2, 0.25) is 0 Å². The number of nitrogens with two attached hydrogens (primary N) is 1. The topological polar surface area (TPSA) is 146 Å². The van der Waals surface area contributed by atoms with Crippen LogP contribution in [-0.2, 0) is 11.8 Å². The highest BCUT2D eigenvalue weighted by atomic mass is 35.5. The molecule has 1 aromatic carbocycles. The van der Waals surface area contributed by atoms with Gasteiger partial charge in [0, 0.05) is 32.6 Å². The number of anilines is 3. The Morgan fingerprint density at radius 1 is 1.07 bits per heavy atom. The van der Waals surface area contributed by atoms with Crippen LogP contribution in [0.4, 0.5) is 16.6 Å². The van der Waals surface area contributed by atoms with E-state index in [-0.39, 0.29) is 11.4 Å². The first-order valence-electron chi connectivity index (χ1n) is 13.9. The number of rotatable bonds is 7. The molecule has 44 heavy (non-hydrogen) atoms. The maximum Gasteiger partial charge on any atom is 0.284 e. The smallest absolute Gasteiger partial charge is 0.284 e. The van der Waals surface area contributed by atoms with Crippen molar-refractivity contribution in [1.29, 1.82) is 0 Å². The van der Waals surface area contributed by atoms with Gasteiger partial charge in [-0.1, -0.05) is 23.7 Å². The van der Waals surface area contributed by atoms with Crippen LogP contribution in [0.1, 0.15) is 28.9 Å². The number of para-hydroxylation sites is 1. The molecule has 1 saturated heterocycles. The van der Waals surface area contributed by atoms with E-state index in [0.717, 1.165) is 31.1 Å². The number of piperidine rings is 1. The van der Waals surface area contributed by atoms with Crippen molar-refractivity contribution < 1.29 is 9.53 Å². The third-order valence-electron chi connectivity index (χ3n) is 7.73. The molecule has 0 radical (unpaired) electrons. The van der Waals surface area contributed by atoms with Gasteiger partial charge < -0.3 is 20.7 Å². The fraction of sp³-hybridized carbons (Fsp3) is 0.267. The van der Waals surface area contributed by atoms with Gasteiger partial charge >= 0.3 is 0 Å². The number of pyridine rings is 1. The Labute approximate surface area is 262 Å². The third kappa shape index (κ3) is 5.56. The van der Waals surface area contributed by atoms with E-state index in [1.165, 1.54) is 10.9 Å². The number of hydrogen-bond donors (Lipinski definition) is 2. The molecule has 0 saturated carbocycles. The Morgan fingerprint density at radius 2 is 1.84 bits per heavy atom. The van der Waals surface area contributed by atoms with Crippen LogP contribution in [0.5, 0.6) is 0 Å². The molecule has 0 atom stereocenters. The summed E-state index contributed by atoms with van der Waals surface area (Å²) in [6, 6.07) is 10.3. The van der Waals surface area contributed by atoms with Crippen LogP contribution >= 0.6 is 22.9 Å². The van der Waals surface area contributed by atoms with E-state index in [0.29, 0.717) is 51.0 Å². The maximum atomic E-state index is 13.3. The number of carbonyl (C=O) groups is 1. The zero-order valence-corrected chi connectivity index (χ0v) is 25.9. The van der Waals surface area contributed by atoms with Crippen LogP contribution in [0.2, 0.25) is 5.02 Å². The number of ether oxygens (including phenoxy) is 1. The van der Waals surface area contributed by atoms with E-state index in [4.69, 9.17) is 32.0 Å². The molecule has 0 aliphatic carbocycles. The van der Waals surface area contributed by atoms with E-state index in [1.54, 1.807) is 79.7 Å². The van der Waals surface area contributed by atoms with Crippen molar-refractivity contribution in [2.45, 2.75) is 25.9 Å². The zero-order chi connectivity index (χ0) is 31.0. The molecule has 4 aromatic heterocycles. The molecule has 1 amide bonds. The van der Waals surface area contributed by atoms with Crippen molar-refractivity contribution in [3.8, 4) is 28.5 Å². The number of amides is 1. The molecule has 1 aliphatic rings. The second-order valence-electron chi connectivity index (χ2n) is 10.4. The van der Waals surface area contributed by atoms with Gasteiger partial charge in [-0.3, -0.25) is 19.3 Å². The highest BCUT2D eigenvalue weighted by molar-refractivity contribution is 7.14. The highest BCUT2D eigenvalue weighted by Gasteiger charge is 2.24. The fourth-order valence-electron chi connectivity index (χ4n) is 5.19. The summed E-state index contributed by atoms with van der Waals surface area (Å²) in [7, 11) is 3.45. The second-order valence-corrected chi connectivity index (χ2v) is 11.6. The average Bonchev–Trinajstić information content (AvgIpc) is 3.61. The summed E-state index contributed by atoms with van der Waals surface area (Å²) in [5, 5.41) is 6.05. The Kier molecular flexibility index (Phi) is 8.17. The quantitative estimate of drug-likeness (QED) is 0.264. The van der Waals surface area contributed by atoms with Crippen molar-refractivity contribution in [3.63, 3.8) is 0 Å². The Bertz CT molecular complexity index is 1890. The molecule has 0 unspecified atom stereocenters. The lowest BCUT2D eigenvalue weighted by molar-refractivity contribution is 0.0819. The van der Waals surface area contributed by atoms with E-state index >= 15 is 0 Å². The molecule has 3 N–H and O–H groups in total. The van der Waals surface area contributed by atoms with E-state index < -0.39 is 11.5 Å². The largest absolute Gasteiger partial charge is 0.382 e. The van der Waals surface area contributed by atoms with Crippen LogP contribution in [0, 0.1) is 6.92 Å². The number of carbonyl (C=O) groups excluding carboxylic acids is 1. The van der Waals surface area contributed by atoms with E-state index in [2.05, 4.69) is 20.2 Å².